The molecule has 0 aromatic heterocycles. The summed E-state index contributed by atoms with van der Waals surface area (Å²) in [6.07, 6.45) is 9.10. The molecule has 2 N–H and O–H groups in total. The van der Waals surface area contributed by atoms with E-state index < -0.39 is 0 Å². The maximum Gasteiger partial charge on any atom is 0.0188 e. The third-order valence-corrected chi connectivity index (χ3v) is 4.85. The molecule has 0 spiro atoms. The van der Waals surface area contributed by atoms with Gasteiger partial charge in [0.15, 0.2) is 0 Å². The van der Waals surface area contributed by atoms with Crippen LogP contribution in [0.25, 0.3) is 0 Å². The molecule has 1 atom stereocenters. The van der Waals surface area contributed by atoms with Crippen LogP contribution >= 0.6 is 11.8 Å². The number of nitrogens with two attached hydrogens (primary N) is 1. The van der Waals surface area contributed by atoms with Crippen molar-refractivity contribution in [2.75, 3.05) is 12.3 Å². The first-order valence-electron chi connectivity index (χ1n) is 6.04. The van der Waals surface area contributed by atoms with E-state index in [-0.39, 0.29) is 0 Å². The van der Waals surface area contributed by atoms with Crippen LogP contribution in [0, 0.1) is 5.92 Å². The molecule has 2 aliphatic rings. The maximum absolute atomic E-state index is 5.90. The molecule has 0 saturated carbocycles. The Balaban J connectivity index is 2.26. The maximum atomic E-state index is 5.90. The Hall–Kier alpha value is -0.210. The number of thioether (sulfide) groups is 1. The van der Waals surface area contributed by atoms with Gasteiger partial charge in [-0.1, -0.05) is 24.5 Å². The minimum Gasteiger partial charge on any atom is -0.330 e. The van der Waals surface area contributed by atoms with Gasteiger partial charge in [0, 0.05) is 11.7 Å². The number of rotatable bonds is 1. The van der Waals surface area contributed by atoms with Crippen LogP contribution in [0.2, 0.25) is 0 Å². The van der Waals surface area contributed by atoms with Crippen molar-refractivity contribution in [2.45, 2.75) is 39.0 Å². The average Bonchev–Trinajstić information content (AvgIpc) is 2.21. The van der Waals surface area contributed by atoms with E-state index in [0.29, 0.717) is 5.92 Å². The summed E-state index contributed by atoms with van der Waals surface area (Å²) in [6, 6.07) is 0. The van der Waals surface area contributed by atoms with E-state index in [9.17, 15) is 0 Å². The summed E-state index contributed by atoms with van der Waals surface area (Å²) < 4.78 is 0. The van der Waals surface area contributed by atoms with E-state index in [2.05, 4.69) is 13.0 Å². The van der Waals surface area contributed by atoms with Gasteiger partial charge < -0.3 is 5.73 Å². The molecule has 1 nitrogen and oxygen atoms in total. The molecule has 0 aromatic carbocycles. The molecular formula is C13H21NS. The van der Waals surface area contributed by atoms with E-state index in [4.69, 9.17) is 5.73 Å². The van der Waals surface area contributed by atoms with Gasteiger partial charge >= 0.3 is 0 Å². The molecule has 1 aliphatic carbocycles. The third-order valence-electron chi connectivity index (χ3n) is 3.35. The minimum atomic E-state index is 0.648. The highest BCUT2D eigenvalue weighted by molar-refractivity contribution is 8.03. The fourth-order valence-electron chi connectivity index (χ4n) is 2.51. The molecule has 0 amide bonds. The minimum absolute atomic E-state index is 0.648. The van der Waals surface area contributed by atoms with Crippen LogP contribution in [-0.4, -0.2) is 12.3 Å². The monoisotopic (exact) mass is 223 g/mol. The van der Waals surface area contributed by atoms with Gasteiger partial charge in [-0.15, -0.1) is 11.8 Å². The summed E-state index contributed by atoms with van der Waals surface area (Å²) in [5.41, 5.74) is 9.02. The lowest BCUT2D eigenvalue weighted by Crippen LogP contribution is -2.19. The van der Waals surface area contributed by atoms with Crippen LogP contribution < -0.4 is 5.73 Å². The molecule has 0 bridgehead atoms. The summed E-state index contributed by atoms with van der Waals surface area (Å²) in [4.78, 5) is 1.61. The molecule has 0 aromatic rings. The lowest BCUT2D eigenvalue weighted by atomic mass is 9.91. The zero-order valence-electron chi connectivity index (χ0n) is 9.59. The van der Waals surface area contributed by atoms with Gasteiger partial charge in [0.05, 0.1) is 0 Å². The Morgan fingerprint density at radius 3 is 3.07 bits per heavy atom. The van der Waals surface area contributed by atoms with Gasteiger partial charge in [-0.05, 0) is 43.2 Å². The van der Waals surface area contributed by atoms with Gasteiger partial charge in [0.25, 0.3) is 0 Å². The van der Waals surface area contributed by atoms with Gasteiger partial charge in [-0.25, -0.2) is 0 Å². The van der Waals surface area contributed by atoms with Crippen molar-refractivity contribution in [3.05, 3.63) is 22.1 Å². The van der Waals surface area contributed by atoms with Crippen LogP contribution in [0.3, 0.4) is 0 Å². The standard InChI is InChI=1S/C13H21NS/c1-10-7-11-5-3-2-4-6-12(8-14)13(11)15-9-10/h7,12H,2-6,8-9,14H2,1H3. The molecule has 2 rings (SSSR count). The van der Waals surface area contributed by atoms with E-state index in [1.807, 2.05) is 11.8 Å². The molecule has 0 radical (unpaired) electrons. The molecule has 2 heteroatoms. The second-order valence-electron chi connectivity index (χ2n) is 4.70. The number of allylic oxidation sites excluding steroid dienone is 2. The molecule has 1 heterocycles. The van der Waals surface area contributed by atoms with Crippen LogP contribution in [-0.2, 0) is 0 Å². The van der Waals surface area contributed by atoms with Crippen molar-refractivity contribution in [1.29, 1.82) is 0 Å². The summed E-state index contributed by atoms with van der Waals surface area (Å²) >= 11 is 2.04. The van der Waals surface area contributed by atoms with Crippen molar-refractivity contribution in [3.63, 3.8) is 0 Å². The molecular weight excluding hydrogens is 202 g/mol. The summed E-state index contributed by atoms with van der Waals surface area (Å²) in [6.45, 7) is 3.08. The first kappa shape index (κ1) is 11.3. The second-order valence-corrected chi connectivity index (χ2v) is 5.72. The molecule has 0 fully saturated rings. The first-order chi connectivity index (χ1) is 7.31. The highest BCUT2D eigenvalue weighted by Crippen LogP contribution is 2.39. The molecule has 1 unspecified atom stereocenters. The van der Waals surface area contributed by atoms with Gasteiger partial charge in [-0.2, -0.15) is 0 Å². The lowest BCUT2D eigenvalue weighted by Gasteiger charge is -2.27. The van der Waals surface area contributed by atoms with Gasteiger partial charge in [-0.3, -0.25) is 0 Å². The highest BCUT2D eigenvalue weighted by Gasteiger charge is 2.21. The van der Waals surface area contributed by atoms with Crippen molar-refractivity contribution < 1.29 is 0 Å². The Kier molecular flexibility index (Phi) is 3.92. The second kappa shape index (κ2) is 5.22. The van der Waals surface area contributed by atoms with Crippen molar-refractivity contribution in [3.8, 4) is 0 Å². The number of hydrogen-bond acceptors (Lipinski definition) is 2. The van der Waals surface area contributed by atoms with Crippen LogP contribution in [0.4, 0.5) is 0 Å². The van der Waals surface area contributed by atoms with Gasteiger partial charge in [0.2, 0.25) is 0 Å². The van der Waals surface area contributed by atoms with Crippen molar-refractivity contribution >= 4 is 11.8 Å². The van der Waals surface area contributed by atoms with Crippen LogP contribution in [0.1, 0.15) is 39.0 Å². The Morgan fingerprint density at radius 1 is 1.40 bits per heavy atom. The SMILES string of the molecule is CC1=CC2=C(SC1)C(CN)CCCCC2. The normalized spacial score (nSPS) is 27.9. The van der Waals surface area contributed by atoms with Crippen molar-refractivity contribution in [2.24, 2.45) is 11.7 Å². The zero-order valence-corrected chi connectivity index (χ0v) is 10.4. The Morgan fingerprint density at radius 2 is 2.27 bits per heavy atom. The highest BCUT2D eigenvalue weighted by atomic mass is 32.2. The quantitative estimate of drug-likeness (QED) is 0.736. The summed E-state index contributed by atoms with van der Waals surface area (Å²) in [5, 5.41) is 0. The Bertz CT molecular complexity index is 291. The molecule has 1 aliphatic heterocycles. The van der Waals surface area contributed by atoms with Crippen LogP contribution in [0.15, 0.2) is 22.1 Å². The molecule has 84 valence electrons. The van der Waals surface area contributed by atoms with Crippen molar-refractivity contribution in [1.82, 2.24) is 0 Å². The lowest BCUT2D eigenvalue weighted by molar-refractivity contribution is 0.516. The Labute approximate surface area is 97.2 Å². The fourth-order valence-corrected chi connectivity index (χ4v) is 3.77. The predicted molar refractivity (Wildman–Crippen MR) is 68.9 cm³/mol. The smallest absolute Gasteiger partial charge is 0.0188 e. The topological polar surface area (TPSA) is 26.0 Å². The predicted octanol–water partition coefficient (Wildman–Crippen LogP) is 3.47. The third kappa shape index (κ3) is 2.67. The fraction of sp³-hybridized carbons (Fsp3) is 0.692. The average molecular weight is 223 g/mol. The largest absolute Gasteiger partial charge is 0.330 e. The number of hydrogen-bond donors (Lipinski definition) is 1. The first-order valence-corrected chi connectivity index (χ1v) is 7.03. The summed E-state index contributed by atoms with van der Waals surface area (Å²) in [5.74, 6) is 1.82. The van der Waals surface area contributed by atoms with E-state index in [1.165, 1.54) is 43.4 Å². The van der Waals surface area contributed by atoms with E-state index in [0.717, 1.165) is 6.54 Å². The molecule has 15 heavy (non-hydrogen) atoms. The van der Waals surface area contributed by atoms with Crippen LogP contribution in [0.5, 0.6) is 0 Å². The van der Waals surface area contributed by atoms with E-state index >= 15 is 0 Å². The van der Waals surface area contributed by atoms with Gasteiger partial charge in [0.1, 0.15) is 0 Å². The van der Waals surface area contributed by atoms with E-state index in [1.54, 1.807) is 10.5 Å². The molecule has 0 saturated heterocycles. The zero-order chi connectivity index (χ0) is 10.7. The summed E-state index contributed by atoms with van der Waals surface area (Å²) in [7, 11) is 0.